The molecule has 1 aromatic rings. The predicted octanol–water partition coefficient (Wildman–Crippen LogP) is 1.73. The van der Waals surface area contributed by atoms with Crippen LogP contribution in [0.5, 0.6) is 11.5 Å². The molecule has 2 aliphatic heterocycles. The highest BCUT2D eigenvalue weighted by Crippen LogP contribution is 2.32. The second-order valence-corrected chi connectivity index (χ2v) is 6.88. The summed E-state index contributed by atoms with van der Waals surface area (Å²) in [5.74, 6) is 3.06. The lowest BCUT2D eigenvalue weighted by Crippen LogP contribution is -2.42. The summed E-state index contributed by atoms with van der Waals surface area (Å²) < 4.78 is 10.7. The molecule has 0 bridgehead atoms. The summed E-state index contributed by atoms with van der Waals surface area (Å²) in [6.45, 7) is 5.45. The van der Waals surface area contributed by atoms with Gasteiger partial charge in [0.15, 0.2) is 17.5 Å². The fourth-order valence-corrected chi connectivity index (χ4v) is 3.32. The smallest absolute Gasteiger partial charge is 0.231 e. The lowest BCUT2D eigenvalue weighted by molar-refractivity contribution is -0.132. The van der Waals surface area contributed by atoms with E-state index in [1.807, 2.05) is 23.1 Å². The number of rotatable bonds is 5. The molecule has 7 nitrogen and oxygen atoms in total. The standard InChI is InChI=1S/C19H28N4O3/c1-14-4-3-9-23(12-14)18(24)7-8-21-19(20-2)22-11-15-5-6-16-17(10-15)26-13-25-16/h5-6,10,14H,3-4,7-9,11-13H2,1-2H3,(H2,20,21,22). The molecule has 2 N–H and O–H groups in total. The number of carbonyl (C=O) groups excluding carboxylic acids is 1. The van der Waals surface area contributed by atoms with E-state index in [1.54, 1.807) is 7.05 Å². The molecule has 0 aliphatic carbocycles. The van der Waals surface area contributed by atoms with Gasteiger partial charge in [-0.1, -0.05) is 13.0 Å². The Kier molecular flexibility index (Phi) is 6.20. The van der Waals surface area contributed by atoms with E-state index in [4.69, 9.17) is 9.47 Å². The predicted molar refractivity (Wildman–Crippen MR) is 100 cm³/mol. The van der Waals surface area contributed by atoms with Gasteiger partial charge in [0.2, 0.25) is 12.7 Å². The number of piperidine rings is 1. The molecule has 2 heterocycles. The van der Waals surface area contributed by atoms with Crippen molar-refractivity contribution in [3.05, 3.63) is 23.8 Å². The van der Waals surface area contributed by atoms with Gasteiger partial charge in [0.25, 0.3) is 0 Å². The summed E-state index contributed by atoms with van der Waals surface area (Å²) >= 11 is 0. The summed E-state index contributed by atoms with van der Waals surface area (Å²) in [5.41, 5.74) is 1.08. The van der Waals surface area contributed by atoms with Gasteiger partial charge in [0.1, 0.15) is 0 Å². The molecule has 1 amide bonds. The minimum absolute atomic E-state index is 0.218. The minimum atomic E-state index is 0.218. The summed E-state index contributed by atoms with van der Waals surface area (Å²) in [6, 6.07) is 5.87. The minimum Gasteiger partial charge on any atom is -0.454 e. The third-order valence-electron chi connectivity index (χ3n) is 4.76. The fraction of sp³-hybridized carbons (Fsp3) is 0.579. The van der Waals surface area contributed by atoms with Crippen molar-refractivity contribution in [1.82, 2.24) is 15.5 Å². The Labute approximate surface area is 154 Å². The van der Waals surface area contributed by atoms with Crippen LogP contribution in [0, 0.1) is 5.92 Å². The zero-order chi connectivity index (χ0) is 18.4. The molecule has 1 saturated heterocycles. The Morgan fingerprint density at radius 3 is 2.96 bits per heavy atom. The van der Waals surface area contributed by atoms with Crippen LogP contribution in [0.2, 0.25) is 0 Å². The van der Waals surface area contributed by atoms with Crippen molar-refractivity contribution >= 4 is 11.9 Å². The number of hydrogen-bond acceptors (Lipinski definition) is 4. The number of hydrogen-bond donors (Lipinski definition) is 2. The molecule has 7 heteroatoms. The number of likely N-dealkylation sites (tertiary alicyclic amines) is 1. The Morgan fingerprint density at radius 1 is 1.31 bits per heavy atom. The Hall–Kier alpha value is -2.44. The van der Waals surface area contributed by atoms with Gasteiger partial charge in [0, 0.05) is 39.6 Å². The molecule has 2 aliphatic rings. The summed E-state index contributed by atoms with van der Waals surface area (Å²) in [4.78, 5) is 18.5. The molecule has 1 aromatic carbocycles. The summed E-state index contributed by atoms with van der Waals surface area (Å²) in [7, 11) is 1.73. The maximum Gasteiger partial charge on any atom is 0.231 e. The van der Waals surface area contributed by atoms with Crippen LogP contribution in [0.3, 0.4) is 0 Å². The number of carbonyl (C=O) groups is 1. The van der Waals surface area contributed by atoms with E-state index in [9.17, 15) is 4.79 Å². The topological polar surface area (TPSA) is 75.2 Å². The molecule has 0 radical (unpaired) electrons. The molecule has 1 fully saturated rings. The first-order valence-corrected chi connectivity index (χ1v) is 9.26. The zero-order valence-corrected chi connectivity index (χ0v) is 15.6. The van der Waals surface area contributed by atoms with Gasteiger partial charge in [-0.15, -0.1) is 0 Å². The molecular formula is C19H28N4O3. The molecule has 0 aromatic heterocycles. The molecular weight excluding hydrogens is 332 g/mol. The van der Waals surface area contributed by atoms with Crippen LogP contribution in [-0.4, -0.2) is 50.2 Å². The second kappa shape index (κ2) is 8.78. The number of nitrogens with zero attached hydrogens (tertiary/aromatic N) is 2. The van der Waals surface area contributed by atoms with Crippen molar-refractivity contribution in [2.24, 2.45) is 10.9 Å². The average Bonchev–Trinajstić information content (AvgIpc) is 3.12. The lowest BCUT2D eigenvalue weighted by atomic mass is 10.00. The van der Waals surface area contributed by atoms with Gasteiger partial charge in [-0.25, -0.2) is 0 Å². The first-order valence-electron chi connectivity index (χ1n) is 9.26. The second-order valence-electron chi connectivity index (χ2n) is 6.88. The third kappa shape index (κ3) is 4.80. The van der Waals surface area contributed by atoms with Crippen LogP contribution in [0.4, 0.5) is 0 Å². The van der Waals surface area contributed by atoms with E-state index >= 15 is 0 Å². The molecule has 26 heavy (non-hydrogen) atoms. The first kappa shape index (κ1) is 18.4. The number of nitrogens with one attached hydrogen (secondary N) is 2. The SMILES string of the molecule is CN=C(NCCC(=O)N1CCCC(C)C1)NCc1ccc2c(c1)OCO2. The average molecular weight is 360 g/mol. The van der Waals surface area contributed by atoms with Gasteiger partial charge in [-0.2, -0.15) is 0 Å². The van der Waals surface area contributed by atoms with Gasteiger partial charge < -0.3 is 25.0 Å². The van der Waals surface area contributed by atoms with E-state index in [-0.39, 0.29) is 12.7 Å². The van der Waals surface area contributed by atoms with E-state index in [2.05, 4.69) is 22.5 Å². The molecule has 1 unspecified atom stereocenters. The molecule has 0 spiro atoms. The number of amides is 1. The Morgan fingerprint density at radius 2 is 2.15 bits per heavy atom. The van der Waals surface area contributed by atoms with Gasteiger partial charge >= 0.3 is 0 Å². The maximum atomic E-state index is 12.3. The van der Waals surface area contributed by atoms with Crippen molar-refractivity contribution < 1.29 is 14.3 Å². The van der Waals surface area contributed by atoms with Crippen LogP contribution >= 0.6 is 0 Å². The quantitative estimate of drug-likeness (QED) is 0.618. The highest BCUT2D eigenvalue weighted by molar-refractivity contribution is 5.81. The lowest BCUT2D eigenvalue weighted by Gasteiger charge is -2.31. The summed E-state index contributed by atoms with van der Waals surface area (Å²) in [6.07, 6.45) is 2.81. The Balaban J connectivity index is 1.40. The zero-order valence-electron chi connectivity index (χ0n) is 15.6. The van der Waals surface area contributed by atoms with Crippen molar-refractivity contribution in [2.45, 2.75) is 32.7 Å². The van der Waals surface area contributed by atoms with Gasteiger partial charge in [-0.3, -0.25) is 9.79 Å². The third-order valence-corrected chi connectivity index (χ3v) is 4.76. The number of benzene rings is 1. The van der Waals surface area contributed by atoms with Crippen LogP contribution in [0.15, 0.2) is 23.2 Å². The monoisotopic (exact) mass is 360 g/mol. The van der Waals surface area contributed by atoms with Gasteiger partial charge in [-0.05, 0) is 36.5 Å². The molecule has 3 rings (SSSR count). The van der Waals surface area contributed by atoms with Crippen LogP contribution in [-0.2, 0) is 11.3 Å². The van der Waals surface area contributed by atoms with E-state index in [0.29, 0.717) is 31.4 Å². The van der Waals surface area contributed by atoms with Crippen LogP contribution < -0.4 is 20.1 Å². The highest BCUT2D eigenvalue weighted by atomic mass is 16.7. The fourth-order valence-electron chi connectivity index (χ4n) is 3.32. The van der Waals surface area contributed by atoms with Crippen LogP contribution in [0.1, 0.15) is 31.7 Å². The highest BCUT2D eigenvalue weighted by Gasteiger charge is 2.20. The van der Waals surface area contributed by atoms with Gasteiger partial charge in [0.05, 0.1) is 0 Å². The van der Waals surface area contributed by atoms with E-state index in [1.165, 1.54) is 6.42 Å². The number of aliphatic imine (C=N–C) groups is 1. The number of guanidine groups is 1. The van der Waals surface area contributed by atoms with Crippen molar-refractivity contribution in [3.8, 4) is 11.5 Å². The van der Waals surface area contributed by atoms with Crippen molar-refractivity contribution in [3.63, 3.8) is 0 Å². The molecule has 0 saturated carbocycles. The number of fused-ring (bicyclic) bond motifs is 1. The molecule has 1 atom stereocenters. The van der Waals surface area contributed by atoms with E-state index < -0.39 is 0 Å². The normalized spacial score (nSPS) is 19.4. The maximum absolute atomic E-state index is 12.3. The summed E-state index contributed by atoms with van der Waals surface area (Å²) in [5, 5.41) is 6.46. The Bertz CT molecular complexity index is 662. The van der Waals surface area contributed by atoms with E-state index in [0.717, 1.165) is 36.6 Å². The van der Waals surface area contributed by atoms with Crippen LogP contribution in [0.25, 0.3) is 0 Å². The van der Waals surface area contributed by atoms with Crippen molar-refractivity contribution in [2.75, 3.05) is 33.5 Å². The van der Waals surface area contributed by atoms with Crippen molar-refractivity contribution in [1.29, 1.82) is 0 Å². The largest absolute Gasteiger partial charge is 0.454 e. The number of ether oxygens (including phenoxy) is 2. The molecule has 142 valence electrons. The first-order chi connectivity index (χ1) is 12.7.